The standard InChI is InChI=1S/C21H25N3O9/c1-12(2)19(25)32-10-17-22-21(27)23-18(11-33-20(26)13(3)4)31-9-15-6-5-14(8-30-17)7-16(15)24(28)29/h5-7,17-18H,1,3,8-11H2,2,4H3,(H2,22,23,27). The van der Waals surface area contributed by atoms with Crippen molar-refractivity contribution in [2.45, 2.75) is 39.5 Å². The SMILES string of the molecule is C=C(C)C(=O)OCC1NC(=O)NC(COC(=O)C(=C)C)OCc2ccc(cc2[N+](=O)[O-])CO1. The van der Waals surface area contributed by atoms with Crippen LogP contribution in [0, 0.1) is 10.1 Å². The van der Waals surface area contributed by atoms with Crippen LogP contribution >= 0.6 is 0 Å². The highest BCUT2D eigenvalue weighted by atomic mass is 16.6. The van der Waals surface area contributed by atoms with E-state index in [1.807, 2.05) is 0 Å². The maximum atomic E-state index is 12.5. The Morgan fingerprint density at radius 1 is 1.06 bits per heavy atom. The summed E-state index contributed by atoms with van der Waals surface area (Å²) in [5.41, 5.74) is 0.784. The lowest BCUT2D eigenvalue weighted by molar-refractivity contribution is -0.386. The van der Waals surface area contributed by atoms with Gasteiger partial charge < -0.3 is 29.6 Å². The zero-order valence-corrected chi connectivity index (χ0v) is 18.3. The summed E-state index contributed by atoms with van der Waals surface area (Å²) in [6.45, 7) is 8.76. The predicted molar refractivity (Wildman–Crippen MR) is 113 cm³/mol. The molecule has 2 aliphatic heterocycles. The number of esters is 2. The lowest BCUT2D eigenvalue weighted by atomic mass is 10.1. The molecule has 12 nitrogen and oxygen atoms in total. The number of carbonyl (C=O) groups excluding carboxylic acids is 3. The van der Waals surface area contributed by atoms with E-state index >= 15 is 0 Å². The van der Waals surface area contributed by atoms with Gasteiger partial charge in [0.25, 0.3) is 5.69 Å². The first-order chi connectivity index (χ1) is 15.6. The van der Waals surface area contributed by atoms with E-state index in [4.69, 9.17) is 18.9 Å². The molecule has 33 heavy (non-hydrogen) atoms. The minimum Gasteiger partial charge on any atom is -0.458 e. The first-order valence-corrected chi connectivity index (χ1v) is 9.78. The van der Waals surface area contributed by atoms with E-state index < -0.39 is 35.3 Å². The third-order valence-corrected chi connectivity index (χ3v) is 4.25. The van der Waals surface area contributed by atoms with Crippen molar-refractivity contribution in [1.82, 2.24) is 10.6 Å². The lowest BCUT2D eigenvalue weighted by Gasteiger charge is -2.22. The fourth-order valence-electron chi connectivity index (χ4n) is 2.52. The Morgan fingerprint density at radius 3 is 2.06 bits per heavy atom. The van der Waals surface area contributed by atoms with Crippen LogP contribution in [0.25, 0.3) is 0 Å². The van der Waals surface area contributed by atoms with E-state index in [0.29, 0.717) is 5.56 Å². The minimum atomic E-state index is -1.16. The van der Waals surface area contributed by atoms with Crippen molar-refractivity contribution in [3.8, 4) is 0 Å². The Morgan fingerprint density at radius 2 is 1.58 bits per heavy atom. The summed E-state index contributed by atoms with van der Waals surface area (Å²) < 4.78 is 21.2. The number of nitro benzene ring substituents is 1. The van der Waals surface area contributed by atoms with Gasteiger partial charge in [-0.05, 0) is 25.5 Å². The van der Waals surface area contributed by atoms with Crippen LogP contribution in [0.15, 0.2) is 42.5 Å². The maximum absolute atomic E-state index is 12.5. The molecule has 2 aliphatic rings. The molecule has 1 aromatic rings. The number of ether oxygens (including phenoxy) is 4. The van der Waals surface area contributed by atoms with Crippen LogP contribution in [0.3, 0.4) is 0 Å². The molecule has 0 aromatic heterocycles. The van der Waals surface area contributed by atoms with Crippen LogP contribution < -0.4 is 10.6 Å². The van der Waals surface area contributed by atoms with E-state index in [-0.39, 0.29) is 48.8 Å². The van der Waals surface area contributed by atoms with Crippen LogP contribution in [-0.2, 0) is 41.8 Å². The summed E-state index contributed by atoms with van der Waals surface area (Å²) in [5.74, 6) is -1.39. The maximum Gasteiger partial charge on any atom is 0.333 e. The van der Waals surface area contributed by atoms with Crippen molar-refractivity contribution in [2.75, 3.05) is 13.2 Å². The average molecular weight is 463 g/mol. The van der Waals surface area contributed by atoms with Crippen molar-refractivity contribution < 1.29 is 38.3 Å². The smallest absolute Gasteiger partial charge is 0.333 e. The molecule has 2 heterocycles. The quantitative estimate of drug-likeness (QED) is 0.267. The number of amides is 2. The van der Waals surface area contributed by atoms with Crippen LogP contribution in [-0.4, -0.2) is 48.6 Å². The Balaban J connectivity index is 2.26. The second-order valence-electron chi connectivity index (χ2n) is 7.19. The fourth-order valence-corrected chi connectivity index (χ4v) is 2.52. The van der Waals surface area contributed by atoms with E-state index in [1.165, 1.54) is 26.0 Å². The number of nitrogens with zero attached hydrogens (tertiary/aromatic N) is 1. The highest BCUT2D eigenvalue weighted by Gasteiger charge is 2.23. The van der Waals surface area contributed by atoms with Gasteiger partial charge in [0.2, 0.25) is 0 Å². The molecule has 0 aliphatic carbocycles. The molecule has 0 saturated carbocycles. The van der Waals surface area contributed by atoms with Gasteiger partial charge in [-0.25, -0.2) is 14.4 Å². The summed E-state index contributed by atoms with van der Waals surface area (Å²) in [6, 6.07) is 3.64. The zero-order chi connectivity index (χ0) is 24.5. The van der Waals surface area contributed by atoms with Crippen molar-refractivity contribution in [2.24, 2.45) is 0 Å². The molecular formula is C21H25N3O9. The number of rotatable bonds is 7. The van der Waals surface area contributed by atoms with E-state index in [1.54, 1.807) is 6.07 Å². The number of benzene rings is 1. The molecule has 2 unspecified atom stereocenters. The molecule has 3 rings (SSSR count). The molecule has 12 heteroatoms. The third-order valence-electron chi connectivity index (χ3n) is 4.25. The molecule has 1 aromatic carbocycles. The van der Waals surface area contributed by atoms with Gasteiger partial charge in [0.05, 0.1) is 23.7 Å². The van der Waals surface area contributed by atoms with Crippen LogP contribution in [0.4, 0.5) is 10.5 Å². The summed E-state index contributed by atoms with van der Waals surface area (Å²) in [7, 11) is 0. The minimum absolute atomic E-state index is 0.114. The zero-order valence-electron chi connectivity index (χ0n) is 18.3. The van der Waals surface area contributed by atoms with Gasteiger partial charge in [0.1, 0.15) is 13.2 Å². The molecule has 2 N–H and O–H groups in total. The van der Waals surface area contributed by atoms with E-state index in [0.717, 1.165) is 0 Å². The first-order valence-electron chi connectivity index (χ1n) is 9.78. The monoisotopic (exact) mass is 463 g/mol. The average Bonchev–Trinajstić information content (AvgIpc) is 2.78. The van der Waals surface area contributed by atoms with Gasteiger partial charge in [0.15, 0.2) is 12.5 Å². The first kappa shape index (κ1) is 25.5. The Hall–Kier alpha value is -3.77. The summed E-state index contributed by atoms with van der Waals surface area (Å²) >= 11 is 0. The van der Waals surface area contributed by atoms with Crippen molar-refractivity contribution in [3.05, 3.63) is 63.7 Å². The third kappa shape index (κ3) is 8.01. The molecule has 0 spiro atoms. The molecule has 0 saturated heterocycles. The topological polar surface area (TPSA) is 155 Å². The number of urea groups is 1. The fraction of sp³-hybridized carbons (Fsp3) is 0.381. The molecule has 2 bridgehead atoms. The van der Waals surface area contributed by atoms with Gasteiger partial charge in [0, 0.05) is 17.2 Å². The van der Waals surface area contributed by atoms with Crippen molar-refractivity contribution >= 4 is 23.7 Å². The van der Waals surface area contributed by atoms with Crippen LogP contribution in [0.2, 0.25) is 0 Å². The highest BCUT2D eigenvalue weighted by molar-refractivity contribution is 5.87. The Bertz CT molecular complexity index is 960. The van der Waals surface area contributed by atoms with Gasteiger partial charge in [-0.15, -0.1) is 0 Å². The van der Waals surface area contributed by atoms with Gasteiger partial charge in [-0.2, -0.15) is 0 Å². The highest BCUT2D eigenvalue weighted by Crippen LogP contribution is 2.22. The number of hydrogen-bond donors (Lipinski definition) is 2. The lowest BCUT2D eigenvalue weighted by Crippen LogP contribution is -2.50. The Labute approximate surface area is 189 Å². The largest absolute Gasteiger partial charge is 0.458 e. The number of fused-ring (bicyclic) bond motifs is 10. The van der Waals surface area contributed by atoms with E-state index in [9.17, 15) is 24.5 Å². The predicted octanol–water partition coefficient (Wildman–Crippen LogP) is 1.83. The van der Waals surface area contributed by atoms with Crippen molar-refractivity contribution in [3.63, 3.8) is 0 Å². The second kappa shape index (κ2) is 11.7. The normalized spacial score (nSPS) is 18.4. The van der Waals surface area contributed by atoms with E-state index in [2.05, 4.69) is 23.8 Å². The summed E-state index contributed by atoms with van der Waals surface area (Å²) in [5, 5.41) is 16.4. The number of carbonyl (C=O) groups is 3. The Kier molecular flexibility index (Phi) is 9.07. The number of hydrogen-bond acceptors (Lipinski definition) is 9. The second-order valence-corrected chi connectivity index (χ2v) is 7.19. The van der Waals surface area contributed by atoms with Crippen LogP contribution in [0.1, 0.15) is 25.0 Å². The van der Waals surface area contributed by atoms with Crippen LogP contribution in [0.5, 0.6) is 0 Å². The molecule has 2 atom stereocenters. The molecule has 178 valence electrons. The molecule has 0 fully saturated rings. The van der Waals surface area contributed by atoms with Gasteiger partial charge in [-0.3, -0.25) is 10.1 Å². The number of nitro groups is 1. The molecular weight excluding hydrogens is 438 g/mol. The summed E-state index contributed by atoms with van der Waals surface area (Å²) in [6.07, 6.45) is -2.27. The molecule has 0 radical (unpaired) electrons. The molecule has 2 amide bonds. The van der Waals surface area contributed by atoms with Crippen molar-refractivity contribution in [1.29, 1.82) is 0 Å². The number of nitrogens with one attached hydrogen (secondary N) is 2. The van der Waals surface area contributed by atoms with Gasteiger partial charge >= 0.3 is 18.0 Å². The summed E-state index contributed by atoms with van der Waals surface area (Å²) in [4.78, 5) is 46.8. The van der Waals surface area contributed by atoms with Gasteiger partial charge in [-0.1, -0.05) is 19.2 Å².